The molecule has 2 fully saturated rings. The zero-order valence-electron chi connectivity index (χ0n) is 17.2. The maximum Gasteiger partial charge on any atom is 0.328 e. The normalized spacial score (nSPS) is 19.7. The second-order valence-corrected chi connectivity index (χ2v) is 7.79. The molecule has 0 spiro atoms. The van der Waals surface area contributed by atoms with Gasteiger partial charge in [0, 0.05) is 38.3 Å². The number of rotatable bonds is 5. The summed E-state index contributed by atoms with van der Waals surface area (Å²) in [6.07, 6.45) is 4.59. The van der Waals surface area contributed by atoms with E-state index in [0.717, 1.165) is 57.4 Å². The highest BCUT2D eigenvalue weighted by atomic mass is 16.4. The van der Waals surface area contributed by atoms with E-state index in [0.29, 0.717) is 12.2 Å². The highest BCUT2D eigenvalue weighted by Crippen LogP contribution is 2.42. The van der Waals surface area contributed by atoms with Crippen LogP contribution < -0.4 is 0 Å². The number of amides is 1. The lowest BCUT2D eigenvalue weighted by atomic mass is 9.79. The predicted molar refractivity (Wildman–Crippen MR) is 111 cm³/mol. The maximum absolute atomic E-state index is 13.1. The minimum absolute atomic E-state index is 0.101. The molecule has 164 valence electrons. The van der Waals surface area contributed by atoms with Crippen LogP contribution in [0.15, 0.2) is 42.5 Å². The average Bonchev–Trinajstić information content (AvgIpc) is 3.15. The summed E-state index contributed by atoms with van der Waals surface area (Å²) < 4.78 is 0. The fourth-order valence-corrected chi connectivity index (χ4v) is 3.96. The highest BCUT2D eigenvalue weighted by Gasteiger charge is 2.45. The Morgan fingerprint density at radius 3 is 1.90 bits per heavy atom. The van der Waals surface area contributed by atoms with Gasteiger partial charge in [-0.1, -0.05) is 43.2 Å². The Kier molecular flexibility index (Phi) is 8.56. The molecular weight excluding hydrogens is 388 g/mol. The maximum atomic E-state index is 13.1. The van der Waals surface area contributed by atoms with Crippen molar-refractivity contribution in [2.75, 3.05) is 33.2 Å². The molecule has 8 nitrogen and oxygen atoms in total. The Labute approximate surface area is 176 Å². The van der Waals surface area contributed by atoms with Gasteiger partial charge >= 0.3 is 11.9 Å². The van der Waals surface area contributed by atoms with Crippen molar-refractivity contribution in [3.63, 3.8) is 0 Å². The van der Waals surface area contributed by atoms with Crippen LogP contribution in [-0.2, 0) is 14.4 Å². The van der Waals surface area contributed by atoms with E-state index in [1.807, 2.05) is 35.2 Å². The van der Waals surface area contributed by atoms with Gasteiger partial charge < -0.3 is 25.1 Å². The number of benzene rings is 1. The van der Waals surface area contributed by atoms with Crippen molar-refractivity contribution in [1.82, 2.24) is 9.80 Å². The zero-order chi connectivity index (χ0) is 22.1. The lowest BCUT2D eigenvalue weighted by Crippen LogP contribution is -2.52. The summed E-state index contributed by atoms with van der Waals surface area (Å²) in [6, 6.07) is 9.83. The Morgan fingerprint density at radius 1 is 0.933 bits per heavy atom. The molecule has 1 aliphatic heterocycles. The van der Waals surface area contributed by atoms with E-state index in [-0.39, 0.29) is 5.91 Å². The molecule has 3 rings (SSSR count). The summed E-state index contributed by atoms with van der Waals surface area (Å²) in [5.74, 6) is -2.83. The van der Waals surface area contributed by atoms with Gasteiger partial charge in [-0.25, -0.2) is 9.59 Å². The zero-order valence-corrected chi connectivity index (χ0v) is 17.2. The molecule has 0 aromatic heterocycles. The van der Waals surface area contributed by atoms with Gasteiger partial charge in [0.05, 0.1) is 11.5 Å². The number of carbonyl (C=O) groups excluding carboxylic acids is 1. The summed E-state index contributed by atoms with van der Waals surface area (Å²) in [5.41, 5.74) is 0.0812. The van der Waals surface area contributed by atoms with Crippen molar-refractivity contribution in [3.8, 4) is 0 Å². The van der Waals surface area contributed by atoms with Crippen molar-refractivity contribution < 1.29 is 29.7 Å². The molecule has 1 atom stereocenters. The Bertz CT molecular complexity index is 734. The number of carboxylic acids is 2. The predicted octanol–water partition coefficient (Wildman–Crippen LogP) is 1.56. The van der Waals surface area contributed by atoms with E-state index in [2.05, 4.69) is 11.9 Å². The molecule has 1 heterocycles. The van der Waals surface area contributed by atoms with Crippen molar-refractivity contribution in [3.05, 3.63) is 48.0 Å². The fourth-order valence-electron chi connectivity index (χ4n) is 3.96. The van der Waals surface area contributed by atoms with Crippen LogP contribution in [0.2, 0.25) is 0 Å². The lowest BCUT2D eigenvalue weighted by Gasteiger charge is -2.39. The number of piperazine rings is 1. The Balaban J connectivity index is 0.000000343. The highest BCUT2D eigenvalue weighted by molar-refractivity contribution is 5.89. The van der Waals surface area contributed by atoms with Crippen molar-refractivity contribution >= 4 is 17.8 Å². The summed E-state index contributed by atoms with van der Waals surface area (Å²) in [6.45, 7) is 3.33. The minimum atomic E-state index is -1.26. The second-order valence-electron chi connectivity index (χ2n) is 7.79. The summed E-state index contributed by atoms with van der Waals surface area (Å²) >= 11 is 0. The van der Waals surface area contributed by atoms with Crippen LogP contribution >= 0.6 is 0 Å². The van der Waals surface area contributed by atoms with Crippen molar-refractivity contribution in [1.29, 1.82) is 0 Å². The van der Waals surface area contributed by atoms with Crippen LogP contribution in [0.4, 0.5) is 0 Å². The van der Waals surface area contributed by atoms with E-state index >= 15 is 0 Å². The number of carboxylic acid groups (broad SMARTS) is 2. The third-order valence-electron chi connectivity index (χ3n) is 5.57. The van der Waals surface area contributed by atoms with Crippen LogP contribution in [0.5, 0.6) is 0 Å². The molecule has 1 aromatic rings. The van der Waals surface area contributed by atoms with E-state index in [1.165, 1.54) is 0 Å². The lowest BCUT2D eigenvalue weighted by molar-refractivity contribution is -0.141. The number of nitrogens with zero attached hydrogens (tertiary/aromatic N) is 2. The number of aliphatic hydroxyl groups is 1. The van der Waals surface area contributed by atoms with Gasteiger partial charge in [-0.15, -0.1) is 0 Å². The van der Waals surface area contributed by atoms with Crippen LogP contribution in [0.1, 0.15) is 37.2 Å². The smallest absolute Gasteiger partial charge is 0.328 e. The summed E-state index contributed by atoms with van der Waals surface area (Å²) in [7, 11) is 2.08. The molecule has 1 amide bonds. The molecule has 1 saturated heterocycles. The molecule has 1 saturated carbocycles. The van der Waals surface area contributed by atoms with E-state index in [1.54, 1.807) is 0 Å². The molecule has 8 heteroatoms. The third-order valence-corrected chi connectivity index (χ3v) is 5.57. The molecule has 1 aromatic carbocycles. The van der Waals surface area contributed by atoms with E-state index < -0.39 is 23.5 Å². The number of hydrogen-bond donors (Lipinski definition) is 3. The SMILES string of the molecule is CN1CCN(C(=O)C(c2ccccc2)C2(O)CCCC2)CC1.O=C(O)/C=C/C(=O)O. The Morgan fingerprint density at radius 2 is 1.43 bits per heavy atom. The topological polar surface area (TPSA) is 118 Å². The number of carbonyl (C=O) groups is 3. The van der Waals surface area contributed by atoms with Crippen LogP contribution in [-0.4, -0.2) is 81.8 Å². The van der Waals surface area contributed by atoms with Crippen molar-refractivity contribution in [2.24, 2.45) is 0 Å². The monoisotopic (exact) mass is 418 g/mol. The second kappa shape index (κ2) is 10.9. The average molecular weight is 418 g/mol. The minimum Gasteiger partial charge on any atom is -0.478 e. The van der Waals surface area contributed by atoms with Gasteiger partial charge in [0.2, 0.25) is 5.91 Å². The molecule has 1 aliphatic carbocycles. The van der Waals surface area contributed by atoms with Gasteiger partial charge in [0.15, 0.2) is 0 Å². The molecule has 3 N–H and O–H groups in total. The molecule has 0 radical (unpaired) electrons. The molecule has 1 unspecified atom stereocenters. The largest absolute Gasteiger partial charge is 0.478 e. The van der Waals surface area contributed by atoms with Gasteiger partial charge in [-0.05, 0) is 25.5 Å². The standard InChI is InChI=1S/C18H26N2O2.C4H4O4/c1-19-11-13-20(14-12-19)17(21)16(15-7-3-2-4-8-15)18(22)9-5-6-10-18;5-3(6)1-2-4(7)8/h2-4,7-8,16,22H,5-6,9-14H2,1H3;1-2H,(H,5,6)(H,7,8)/b;2-1+. The van der Waals surface area contributed by atoms with Crippen molar-refractivity contribution in [2.45, 2.75) is 37.2 Å². The molecule has 30 heavy (non-hydrogen) atoms. The number of hydrogen-bond acceptors (Lipinski definition) is 5. The third kappa shape index (κ3) is 6.67. The van der Waals surface area contributed by atoms with Crippen LogP contribution in [0.25, 0.3) is 0 Å². The van der Waals surface area contributed by atoms with Gasteiger partial charge in [0.25, 0.3) is 0 Å². The Hall–Kier alpha value is -2.71. The number of aliphatic carboxylic acids is 2. The first kappa shape index (κ1) is 23.6. The molecule has 2 aliphatic rings. The van der Waals surface area contributed by atoms with Gasteiger partial charge in [-0.3, -0.25) is 4.79 Å². The first-order valence-electron chi connectivity index (χ1n) is 10.1. The van der Waals surface area contributed by atoms with Gasteiger partial charge in [0.1, 0.15) is 0 Å². The van der Waals surface area contributed by atoms with Crippen LogP contribution in [0, 0.1) is 0 Å². The van der Waals surface area contributed by atoms with E-state index in [9.17, 15) is 19.5 Å². The molecule has 0 bridgehead atoms. The molecular formula is C22H30N2O6. The summed E-state index contributed by atoms with van der Waals surface area (Å²) in [4.78, 5) is 36.4. The number of likely N-dealkylation sites (N-methyl/N-ethyl adjacent to an activating group) is 1. The summed E-state index contributed by atoms with van der Waals surface area (Å²) in [5, 5.41) is 26.7. The van der Waals surface area contributed by atoms with Gasteiger partial charge in [-0.2, -0.15) is 0 Å². The first-order chi connectivity index (χ1) is 14.2. The van der Waals surface area contributed by atoms with Crippen LogP contribution in [0.3, 0.4) is 0 Å². The first-order valence-corrected chi connectivity index (χ1v) is 10.1. The quantitative estimate of drug-likeness (QED) is 0.621. The fraction of sp³-hybridized carbons (Fsp3) is 0.500. The van der Waals surface area contributed by atoms with E-state index in [4.69, 9.17) is 10.2 Å².